The zero-order valence-corrected chi connectivity index (χ0v) is 11.5. The van der Waals surface area contributed by atoms with Gasteiger partial charge in [-0.25, -0.2) is 0 Å². The van der Waals surface area contributed by atoms with Crippen LogP contribution in [0.4, 0.5) is 0 Å². The highest BCUT2D eigenvalue weighted by atomic mass is 32.2. The molecule has 0 saturated carbocycles. The molecule has 0 aromatic carbocycles. The highest BCUT2D eigenvalue weighted by Gasteiger charge is 2.15. The van der Waals surface area contributed by atoms with Gasteiger partial charge in [0.2, 0.25) is 5.89 Å². The standard InChI is InChI=1S/C11H21N3O2S/c1-4-14(6-7-15)8-10-12-11(13-16-10)9(3)17-5-2/h9,15H,4-8H2,1-3H3. The van der Waals surface area contributed by atoms with Crippen LogP contribution in [-0.2, 0) is 6.54 Å². The molecule has 0 bridgehead atoms. The molecular weight excluding hydrogens is 238 g/mol. The molecule has 1 atom stereocenters. The largest absolute Gasteiger partial charge is 0.395 e. The van der Waals surface area contributed by atoms with Crippen molar-refractivity contribution in [2.45, 2.75) is 32.6 Å². The van der Waals surface area contributed by atoms with Crippen molar-refractivity contribution in [3.8, 4) is 0 Å². The number of aliphatic hydroxyl groups is 1. The summed E-state index contributed by atoms with van der Waals surface area (Å²) >= 11 is 1.79. The van der Waals surface area contributed by atoms with Crippen LogP contribution in [0, 0.1) is 0 Å². The summed E-state index contributed by atoms with van der Waals surface area (Å²) in [7, 11) is 0. The van der Waals surface area contributed by atoms with Crippen molar-refractivity contribution in [1.82, 2.24) is 15.0 Å². The fourth-order valence-corrected chi connectivity index (χ4v) is 2.25. The smallest absolute Gasteiger partial charge is 0.240 e. The Kier molecular flexibility index (Phi) is 6.54. The number of hydrogen-bond donors (Lipinski definition) is 1. The van der Waals surface area contributed by atoms with Crippen LogP contribution >= 0.6 is 11.8 Å². The Morgan fingerprint density at radius 3 is 2.82 bits per heavy atom. The molecule has 17 heavy (non-hydrogen) atoms. The molecule has 1 aromatic rings. The molecule has 0 aliphatic carbocycles. The first kappa shape index (κ1) is 14.5. The molecule has 98 valence electrons. The van der Waals surface area contributed by atoms with Gasteiger partial charge in [0.15, 0.2) is 5.82 Å². The molecule has 6 heteroatoms. The molecule has 0 aliphatic heterocycles. The van der Waals surface area contributed by atoms with E-state index >= 15 is 0 Å². The number of rotatable bonds is 8. The van der Waals surface area contributed by atoms with Crippen LogP contribution in [0.25, 0.3) is 0 Å². The second kappa shape index (κ2) is 7.68. The van der Waals surface area contributed by atoms with Gasteiger partial charge in [-0.1, -0.05) is 19.0 Å². The van der Waals surface area contributed by atoms with E-state index in [9.17, 15) is 0 Å². The Bertz CT molecular complexity index is 319. The summed E-state index contributed by atoms with van der Waals surface area (Å²) < 4.78 is 5.21. The summed E-state index contributed by atoms with van der Waals surface area (Å²) in [6.07, 6.45) is 0. The van der Waals surface area contributed by atoms with Gasteiger partial charge in [-0.2, -0.15) is 16.7 Å². The number of likely N-dealkylation sites (N-methyl/N-ethyl adjacent to an activating group) is 1. The SMILES string of the molecule is CCSC(C)c1noc(CN(CC)CCO)n1. The van der Waals surface area contributed by atoms with Gasteiger partial charge in [0.05, 0.1) is 18.4 Å². The summed E-state index contributed by atoms with van der Waals surface area (Å²) in [5, 5.41) is 13.2. The lowest BCUT2D eigenvalue weighted by molar-refractivity contribution is 0.180. The van der Waals surface area contributed by atoms with E-state index in [0.29, 0.717) is 19.0 Å². The summed E-state index contributed by atoms with van der Waals surface area (Å²) in [4.78, 5) is 6.44. The van der Waals surface area contributed by atoms with Crippen molar-refractivity contribution in [3.05, 3.63) is 11.7 Å². The van der Waals surface area contributed by atoms with Crippen LogP contribution in [0.3, 0.4) is 0 Å². The third kappa shape index (κ3) is 4.65. The molecule has 0 amide bonds. The molecule has 0 spiro atoms. The lowest BCUT2D eigenvalue weighted by Gasteiger charge is -2.15. The zero-order valence-electron chi connectivity index (χ0n) is 10.7. The quantitative estimate of drug-likeness (QED) is 0.766. The number of aromatic nitrogens is 2. The molecule has 1 rings (SSSR count). The predicted molar refractivity (Wildman–Crippen MR) is 68.9 cm³/mol. The van der Waals surface area contributed by atoms with Gasteiger partial charge in [-0.05, 0) is 19.2 Å². The molecule has 1 unspecified atom stereocenters. The van der Waals surface area contributed by atoms with Crippen molar-refractivity contribution >= 4 is 11.8 Å². The predicted octanol–water partition coefficient (Wildman–Crippen LogP) is 1.70. The van der Waals surface area contributed by atoms with Gasteiger partial charge in [-0.3, -0.25) is 4.90 Å². The Morgan fingerprint density at radius 2 is 2.24 bits per heavy atom. The van der Waals surface area contributed by atoms with Gasteiger partial charge >= 0.3 is 0 Å². The third-order valence-corrected chi connectivity index (χ3v) is 3.53. The lowest BCUT2D eigenvalue weighted by Crippen LogP contribution is -2.26. The van der Waals surface area contributed by atoms with Crippen LogP contribution in [0.15, 0.2) is 4.52 Å². The van der Waals surface area contributed by atoms with Crippen molar-refractivity contribution in [2.75, 3.05) is 25.4 Å². The maximum absolute atomic E-state index is 8.90. The Hall–Kier alpha value is -0.590. The number of nitrogens with zero attached hydrogens (tertiary/aromatic N) is 3. The maximum atomic E-state index is 8.90. The second-order valence-electron chi connectivity index (χ2n) is 3.74. The maximum Gasteiger partial charge on any atom is 0.240 e. The average Bonchev–Trinajstić information content (AvgIpc) is 2.77. The van der Waals surface area contributed by atoms with Crippen LogP contribution < -0.4 is 0 Å². The van der Waals surface area contributed by atoms with E-state index in [1.807, 2.05) is 6.92 Å². The molecule has 0 fully saturated rings. The van der Waals surface area contributed by atoms with E-state index in [1.54, 1.807) is 11.8 Å². The van der Waals surface area contributed by atoms with Gasteiger partial charge in [-0.15, -0.1) is 0 Å². The number of aliphatic hydroxyl groups excluding tert-OH is 1. The van der Waals surface area contributed by atoms with Crippen LogP contribution in [0.2, 0.25) is 0 Å². The monoisotopic (exact) mass is 259 g/mol. The van der Waals surface area contributed by atoms with Crippen molar-refractivity contribution in [3.63, 3.8) is 0 Å². The first-order valence-corrected chi connectivity index (χ1v) is 7.03. The molecule has 1 aromatic heterocycles. The minimum absolute atomic E-state index is 0.150. The fraction of sp³-hybridized carbons (Fsp3) is 0.818. The summed E-state index contributed by atoms with van der Waals surface area (Å²) in [5.41, 5.74) is 0. The van der Waals surface area contributed by atoms with Crippen LogP contribution in [0.5, 0.6) is 0 Å². The molecular formula is C11H21N3O2S. The van der Waals surface area contributed by atoms with Crippen LogP contribution in [-0.4, -0.2) is 45.6 Å². The van der Waals surface area contributed by atoms with E-state index in [4.69, 9.17) is 9.63 Å². The molecule has 1 heterocycles. The van der Waals surface area contributed by atoms with E-state index < -0.39 is 0 Å². The summed E-state index contributed by atoms with van der Waals surface area (Å²) in [6, 6.07) is 0. The van der Waals surface area contributed by atoms with Gasteiger partial charge in [0.25, 0.3) is 0 Å². The first-order valence-electron chi connectivity index (χ1n) is 5.98. The van der Waals surface area contributed by atoms with Gasteiger partial charge < -0.3 is 9.63 Å². The topological polar surface area (TPSA) is 62.4 Å². The summed E-state index contributed by atoms with van der Waals surface area (Å²) in [5.74, 6) is 2.42. The normalized spacial score (nSPS) is 13.2. The number of thioether (sulfide) groups is 1. The van der Waals surface area contributed by atoms with Crippen molar-refractivity contribution < 1.29 is 9.63 Å². The number of hydrogen-bond acceptors (Lipinski definition) is 6. The Balaban J connectivity index is 2.55. The fourth-order valence-electron chi connectivity index (χ4n) is 1.50. The van der Waals surface area contributed by atoms with E-state index in [1.165, 1.54) is 0 Å². The first-order chi connectivity index (χ1) is 8.21. The van der Waals surface area contributed by atoms with E-state index in [-0.39, 0.29) is 11.9 Å². The van der Waals surface area contributed by atoms with E-state index in [0.717, 1.165) is 18.1 Å². The minimum atomic E-state index is 0.150. The van der Waals surface area contributed by atoms with Gasteiger partial charge in [0.1, 0.15) is 0 Å². The van der Waals surface area contributed by atoms with Crippen molar-refractivity contribution in [2.24, 2.45) is 0 Å². The highest BCUT2D eigenvalue weighted by Crippen LogP contribution is 2.25. The zero-order chi connectivity index (χ0) is 12.7. The lowest BCUT2D eigenvalue weighted by atomic mass is 10.4. The highest BCUT2D eigenvalue weighted by molar-refractivity contribution is 7.99. The Morgan fingerprint density at radius 1 is 1.47 bits per heavy atom. The molecule has 0 saturated heterocycles. The summed E-state index contributed by atoms with van der Waals surface area (Å²) in [6.45, 7) is 8.48. The molecule has 0 radical (unpaired) electrons. The third-order valence-electron chi connectivity index (χ3n) is 2.49. The average molecular weight is 259 g/mol. The molecule has 1 N–H and O–H groups in total. The molecule has 0 aliphatic rings. The van der Waals surface area contributed by atoms with E-state index in [2.05, 4.69) is 28.9 Å². The Labute approximate surface area is 107 Å². The minimum Gasteiger partial charge on any atom is -0.395 e. The second-order valence-corrected chi connectivity index (χ2v) is 5.35. The van der Waals surface area contributed by atoms with Gasteiger partial charge in [0, 0.05) is 6.54 Å². The van der Waals surface area contributed by atoms with Crippen LogP contribution in [0.1, 0.15) is 37.7 Å². The molecule has 5 nitrogen and oxygen atoms in total. The van der Waals surface area contributed by atoms with Crippen molar-refractivity contribution in [1.29, 1.82) is 0 Å².